The van der Waals surface area contributed by atoms with E-state index >= 15 is 0 Å². The van der Waals surface area contributed by atoms with Gasteiger partial charge in [0.2, 0.25) is 0 Å². The first kappa shape index (κ1) is 16.0. The van der Waals surface area contributed by atoms with Gasteiger partial charge in [-0.05, 0) is 24.3 Å². The molecule has 3 aromatic rings. The van der Waals surface area contributed by atoms with Crippen LogP contribution in [-0.2, 0) is 0 Å². The van der Waals surface area contributed by atoms with Crippen molar-refractivity contribution in [2.75, 3.05) is 13.1 Å². The number of fused-ring (bicyclic) bond motifs is 1. The second-order valence-electron chi connectivity index (χ2n) is 5.91. The summed E-state index contributed by atoms with van der Waals surface area (Å²) in [5.41, 5.74) is 1.00. The largest absolute Gasteiger partial charge is 0.467 e. The van der Waals surface area contributed by atoms with E-state index in [1.165, 1.54) is 17.4 Å². The summed E-state index contributed by atoms with van der Waals surface area (Å²) in [4.78, 5) is 22.4. The Morgan fingerprint density at radius 2 is 1.96 bits per heavy atom. The highest BCUT2D eigenvalue weighted by molar-refractivity contribution is 7.20. The molecule has 0 radical (unpaired) electrons. The second-order valence-corrected chi connectivity index (χ2v) is 6.90. The summed E-state index contributed by atoms with van der Waals surface area (Å²) >= 11 is 1.35. The number of thiazole rings is 1. The van der Waals surface area contributed by atoms with E-state index in [0.29, 0.717) is 29.4 Å². The summed E-state index contributed by atoms with van der Waals surface area (Å²) in [7, 11) is 0. The van der Waals surface area contributed by atoms with Gasteiger partial charge in [-0.1, -0.05) is 17.4 Å². The number of ether oxygens (including phenoxy) is 1. The quantitative estimate of drug-likeness (QED) is 0.720. The number of hydrogen-bond donors (Lipinski definition) is 0. The molecule has 0 aliphatic carbocycles. The molecule has 1 amide bonds. The number of para-hydroxylation sites is 1. The molecule has 2 aromatic heterocycles. The molecular formula is C18H16FN3O2S. The van der Waals surface area contributed by atoms with Crippen LogP contribution in [0.1, 0.15) is 23.2 Å². The number of amides is 1. The molecule has 3 heterocycles. The van der Waals surface area contributed by atoms with Crippen molar-refractivity contribution < 1.29 is 13.9 Å². The smallest absolute Gasteiger partial charge is 0.274 e. The maximum Gasteiger partial charge on any atom is 0.274 e. The van der Waals surface area contributed by atoms with Gasteiger partial charge in [-0.2, -0.15) is 4.98 Å². The van der Waals surface area contributed by atoms with Crippen LogP contribution in [0, 0.1) is 5.82 Å². The number of likely N-dealkylation sites (tertiary alicyclic amines) is 1. The Labute approximate surface area is 148 Å². The summed E-state index contributed by atoms with van der Waals surface area (Å²) in [6.07, 6.45) is 4.69. The molecule has 1 aliphatic rings. The van der Waals surface area contributed by atoms with E-state index in [0.717, 1.165) is 17.5 Å². The minimum atomic E-state index is -0.332. The number of benzene rings is 1. The van der Waals surface area contributed by atoms with Crippen molar-refractivity contribution >= 4 is 27.5 Å². The zero-order chi connectivity index (χ0) is 17.2. The molecule has 1 saturated heterocycles. The SMILES string of the molecule is O=C(c1ccncc1)N1CCC(Oc2nc3c(F)cccc3s2)CC1. The predicted octanol–water partition coefficient (Wildman–Crippen LogP) is 3.51. The Kier molecular flexibility index (Phi) is 4.31. The minimum absolute atomic E-state index is 0.00915. The number of aromatic nitrogens is 2. The summed E-state index contributed by atoms with van der Waals surface area (Å²) in [6, 6.07) is 8.35. The normalized spacial score (nSPS) is 15.5. The van der Waals surface area contributed by atoms with Crippen molar-refractivity contribution in [1.82, 2.24) is 14.9 Å². The van der Waals surface area contributed by atoms with E-state index < -0.39 is 0 Å². The Hall–Kier alpha value is -2.54. The number of rotatable bonds is 3. The molecule has 0 spiro atoms. The second kappa shape index (κ2) is 6.76. The fourth-order valence-corrected chi connectivity index (χ4v) is 3.84. The number of carbonyl (C=O) groups excluding carboxylic acids is 1. The van der Waals surface area contributed by atoms with Crippen molar-refractivity contribution in [2.45, 2.75) is 18.9 Å². The third-order valence-corrected chi connectivity index (χ3v) is 5.19. The Bertz CT molecular complexity index is 892. The van der Waals surface area contributed by atoms with Crippen molar-refractivity contribution in [1.29, 1.82) is 0 Å². The topological polar surface area (TPSA) is 55.3 Å². The molecule has 4 rings (SSSR count). The highest BCUT2D eigenvalue weighted by atomic mass is 32.1. The fourth-order valence-electron chi connectivity index (χ4n) is 2.94. The third kappa shape index (κ3) is 3.32. The number of nitrogens with zero attached hydrogens (tertiary/aromatic N) is 3. The van der Waals surface area contributed by atoms with Gasteiger partial charge in [0.15, 0.2) is 0 Å². The Morgan fingerprint density at radius 3 is 2.68 bits per heavy atom. The van der Waals surface area contributed by atoms with Crippen LogP contribution in [0.5, 0.6) is 5.19 Å². The number of piperidine rings is 1. The first-order valence-electron chi connectivity index (χ1n) is 8.12. The van der Waals surface area contributed by atoms with Gasteiger partial charge in [0.1, 0.15) is 17.4 Å². The van der Waals surface area contributed by atoms with Gasteiger partial charge in [-0.25, -0.2) is 4.39 Å². The number of hydrogen-bond acceptors (Lipinski definition) is 5. The van der Waals surface area contributed by atoms with E-state index in [1.807, 2.05) is 11.0 Å². The zero-order valence-corrected chi connectivity index (χ0v) is 14.2. The van der Waals surface area contributed by atoms with E-state index in [1.54, 1.807) is 30.6 Å². The van der Waals surface area contributed by atoms with Gasteiger partial charge >= 0.3 is 0 Å². The average Bonchev–Trinajstić information content (AvgIpc) is 3.06. The molecule has 0 N–H and O–H groups in total. The van der Waals surface area contributed by atoms with E-state index in [2.05, 4.69) is 9.97 Å². The monoisotopic (exact) mass is 357 g/mol. The molecule has 5 nitrogen and oxygen atoms in total. The Morgan fingerprint density at radius 1 is 1.20 bits per heavy atom. The molecule has 1 aliphatic heterocycles. The summed E-state index contributed by atoms with van der Waals surface area (Å²) in [6.45, 7) is 1.26. The summed E-state index contributed by atoms with van der Waals surface area (Å²) < 4.78 is 20.4. The van der Waals surface area contributed by atoms with Gasteiger partial charge in [0.25, 0.3) is 11.1 Å². The van der Waals surface area contributed by atoms with Crippen LogP contribution in [0.3, 0.4) is 0 Å². The molecule has 0 bridgehead atoms. The zero-order valence-electron chi connectivity index (χ0n) is 13.4. The van der Waals surface area contributed by atoms with Crippen LogP contribution < -0.4 is 4.74 Å². The van der Waals surface area contributed by atoms with Crippen molar-refractivity contribution in [3.63, 3.8) is 0 Å². The maximum atomic E-state index is 13.7. The average molecular weight is 357 g/mol. The molecule has 0 saturated carbocycles. The molecule has 1 aromatic carbocycles. The van der Waals surface area contributed by atoms with E-state index in [9.17, 15) is 9.18 Å². The van der Waals surface area contributed by atoms with Crippen LogP contribution in [-0.4, -0.2) is 40.0 Å². The maximum absolute atomic E-state index is 13.7. The predicted molar refractivity (Wildman–Crippen MR) is 93.4 cm³/mol. The van der Waals surface area contributed by atoms with Gasteiger partial charge in [-0.3, -0.25) is 9.78 Å². The van der Waals surface area contributed by atoms with E-state index in [-0.39, 0.29) is 17.8 Å². The highest BCUT2D eigenvalue weighted by Gasteiger charge is 2.25. The summed E-state index contributed by atoms with van der Waals surface area (Å²) in [5, 5.41) is 0.485. The van der Waals surface area contributed by atoms with Crippen LogP contribution in [0.4, 0.5) is 4.39 Å². The lowest BCUT2D eigenvalue weighted by atomic mass is 10.1. The molecule has 7 heteroatoms. The lowest BCUT2D eigenvalue weighted by molar-refractivity contribution is 0.0595. The van der Waals surface area contributed by atoms with Crippen molar-refractivity contribution in [2.24, 2.45) is 0 Å². The number of pyridine rings is 1. The van der Waals surface area contributed by atoms with Gasteiger partial charge < -0.3 is 9.64 Å². The van der Waals surface area contributed by atoms with Crippen LogP contribution in [0.2, 0.25) is 0 Å². The van der Waals surface area contributed by atoms with Crippen LogP contribution in [0.15, 0.2) is 42.7 Å². The number of carbonyl (C=O) groups is 1. The van der Waals surface area contributed by atoms with Crippen LogP contribution in [0.25, 0.3) is 10.2 Å². The van der Waals surface area contributed by atoms with Gasteiger partial charge in [0.05, 0.1) is 4.70 Å². The minimum Gasteiger partial charge on any atom is -0.467 e. The molecule has 1 fully saturated rings. The van der Waals surface area contributed by atoms with Crippen molar-refractivity contribution in [3.8, 4) is 5.19 Å². The van der Waals surface area contributed by atoms with Gasteiger partial charge in [-0.15, -0.1) is 0 Å². The molecule has 25 heavy (non-hydrogen) atoms. The van der Waals surface area contributed by atoms with Crippen LogP contribution >= 0.6 is 11.3 Å². The molecule has 0 unspecified atom stereocenters. The molecule has 128 valence electrons. The molecule has 0 atom stereocenters. The summed E-state index contributed by atoms with van der Waals surface area (Å²) in [5.74, 6) is -0.315. The standard InChI is InChI=1S/C18H16FN3O2S/c19-14-2-1-3-15-16(14)21-18(25-15)24-13-6-10-22(11-7-13)17(23)12-4-8-20-9-5-12/h1-5,8-9,13H,6-7,10-11H2. The van der Waals surface area contributed by atoms with Crippen molar-refractivity contribution in [3.05, 3.63) is 54.1 Å². The first-order valence-corrected chi connectivity index (χ1v) is 8.93. The highest BCUT2D eigenvalue weighted by Crippen LogP contribution is 2.31. The lowest BCUT2D eigenvalue weighted by Crippen LogP contribution is -2.41. The fraction of sp³-hybridized carbons (Fsp3) is 0.278. The third-order valence-electron chi connectivity index (χ3n) is 4.27. The molecular weight excluding hydrogens is 341 g/mol. The Balaban J connectivity index is 1.38. The van der Waals surface area contributed by atoms with E-state index in [4.69, 9.17) is 4.74 Å². The first-order chi connectivity index (χ1) is 12.2. The number of halogens is 1. The lowest BCUT2D eigenvalue weighted by Gasteiger charge is -2.31. The van der Waals surface area contributed by atoms with Gasteiger partial charge in [0, 0.05) is 43.9 Å².